The first kappa shape index (κ1) is 11.7. The Labute approximate surface area is 109 Å². The third-order valence-corrected chi connectivity index (χ3v) is 3.31. The summed E-state index contributed by atoms with van der Waals surface area (Å²) >= 11 is 0. The number of aromatic nitrogens is 4. The first-order valence-electron chi connectivity index (χ1n) is 6.08. The monoisotopic (exact) mass is 256 g/mol. The number of rotatable bonds is 2. The number of carboxylic acid groups (broad SMARTS) is 1. The lowest BCUT2D eigenvalue weighted by molar-refractivity contribution is -0.142. The summed E-state index contributed by atoms with van der Waals surface area (Å²) in [6.45, 7) is 0. The van der Waals surface area contributed by atoms with Gasteiger partial charge in [0.2, 0.25) is 0 Å². The minimum Gasteiger partial charge on any atom is -0.481 e. The van der Waals surface area contributed by atoms with Crippen LogP contribution in [0.15, 0.2) is 24.8 Å². The van der Waals surface area contributed by atoms with Crippen molar-refractivity contribution in [2.45, 2.75) is 19.3 Å². The molecule has 19 heavy (non-hydrogen) atoms. The van der Waals surface area contributed by atoms with Crippen molar-refractivity contribution in [1.29, 1.82) is 0 Å². The molecule has 1 atom stereocenters. The molecule has 2 aromatic rings. The largest absolute Gasteiger partial charge is 0.481 e. The van der Waals surface area contributed by atoms with Crippen LogP contribution in [0.1, 0.15) is 17.7 Å². The fraction of sp³-hybridized carbons (Fsp3) is 0.308. The summed E-state index contributed by atoms with van der Waals surface area (Å²) in [5.41, 5.74) is 2.54. The van der Waals surface area contributed by atoms with Crippen molar-refractivity contribution in [3.05, 3.63) is 36.0 Å². The third kappa shape index (κ3) is 2.29. The van der Waals surface area contributed by atoms with Gasteiger partial charge in [0.1, 0.15) is 12.0 Å². The zero-order chi connectivity index (χ0) is 13.2. The third-order valence-electron chi connectivity index (χ3n) is 3.31. The molecule has 0 saturated carbocycles. The van der Waals surface area contributed by atoms with Gasteiger partial charge in [-0.15, -0.1) is 0 Å². The van der Waals surface area contributed by atoms with Gasteiger partial charge in [-0.25, -0.2) is 19.9 Å². The molecular formula is C13H12N4O2. The van der Waals surface area contributed by atoms with E-state index in [1.54, 1.807) is 18.5 Å². The molecule has 0 bridgehead atoms. The molecule has 0 aliphatic heterocycles. The first-order chi connectivity index (χ1) is 9.24. The molecule has 0 amide bonds. The average Bonchev–Trinajstić information content (AvgIpc) is 2.47. The Morgan fingerprint density at radius 3 is 3.00 bits per heavy atom. The van der Waals surface area contributed by atoms with Crippen LogP contribution in [0.5, 0.6) is 0 Å². The maximum atomic E-state index is 11.0. The number of hydrogen-bond donors (Lipinski definition) is 1. The Morgan fingerprint density at radius 1 is 1.37 bits per heavy atom. The summed E-state index contributed by atoms with van der Waals surface area (Å²) in [6.07, 6.45) is 6.63. The Hall–Kier alpha value is -2.37. The molecule has 1 aliphatic carbocycles. The van der Waals surface area contributed by atoms with Crippen molar-refractivity contribution in [3.63, 3.8) is 0 Å². The van der Waals surface area contributed by atoms with Crippen LogP contribution in [0.2, 0.25) is 0 Å². The smallest absolute Gasteiger partial charge is 0.306 e. The van der Waals surface area contributed by atoms with E-state index in [1.165, 1.54) is 6.33 Å². The van der Waals surface area contributed by atoms with Gasteiger partial charge in [-0.05, 0) is 30.9 Å². The van der Waals surface area contributed by atoms with Crippen molar-refractivity contribution in [1.82, 2.24) is 19.9 Å². The summed E-state index contributed by atoms with van der Waals surface area (Å²) in [5, 5.41) is 9.04. The topological polar surface area (TPSA) is 88.9 Å². The van der Waals surface area contributed by atoms with Crippen LogP contribution in [0.4, 0.5) is 0 Å². The molecule has 0 aromatic carbocycles. The summed E-state index contributed by atoms with van der Waals surface area (Å²) in [4.78, 5) is 27.7. The van der Waals surface area contributed by atoms with Crippen LogP contribution in [0, 0.1) is 5.92 Å². The highest BCUT2D eigenvalue weighted by atomic mass is 16.4. The summed E-state index contributed by atoms with van der Waals surface area (Å²) in [7, 11) is 0. The van der Waals surface area contributed by atoms with Gasteiger partial charge in [-0.3, -0.25) is 4.79 Å². The van der Waals surface area contributed by atoms with Crippen molar-refractivity contribution in [2.75, 3.05) is 0 Å². The highest BCUT2D eigenvalue weighted by Crippen LogP contribution is 2.25. The molecule has 2 heterocycles. The second-order valence-corrected chi connectivity index (χ2v) is 4.54. The predicted molar refractivity (Wildman–Crippen MR) is 66.2 cm³/mol. The van der Waals surface area contributed by atoms with E-state index in [9.17, 15) is 4.79 Å². The first-order valence-corrected chi connectivity index (χ1v) is 6.08. The number of aliphatic carboxylic acids is 1. The van der Waals surface area contributed by atoms with Gasteiger partial charge >= 0.3 is 5.97 Å². The Morgan fingerprint density at radius 2 is 2.26 bits per heavy atom. The zero-order valence-corrected chi connectivity index (χ0v) is 10.2. The van der Waals surface area contributed by atoms with Gasteiger partial charge in [0, 0.05) is 18.1 Å². The molecule has 6 heteroatoms. The Bertz CT molecular complexity index is 615. The highest BCUT2D eigenvalue weighted by Gasteiger charge is 2.25. The minimum absolute atomic E-state index is 0.319. The maximum absolute atomic E-state index is 11.0. The van der Waals surface area contributed by atoms with Gasteiger partial charge in [0.15, 0.2) is 5.82 Å². The lowest BCUT2D eigenvalue weighted by Gasteiger charge is -2.20. The molecule has 2 aromatic heterocycles. The molecular weight excluding hydrogens is 244 g/mol. The number of carboxylic acids is 1. The van der Waals surface area contributed by atoms with E-state index in [0.29, 0.717) is 30.8 Å². The summed E-state index contributed by atoms with van der Waals surface area (Å²) in [5.74, 6) is -0.499. The van der Waals surface area contributed by atoms with Crippen molar-refractivity contribution in [3.8, 4) is 11.5 Å². The lowest BCUT2D eigenvalue weighted by Crippen LogP contribution is -2.23. The molecule has 3 rings (SSSR count). The zero-order valence-electron chi connectivity index (χ0n) is 10.2. The van der Waals surface area contributed by atoms with Crippen LogP contribution in [0.25, 0.3) is 11.5 Å². The molecule has 1 unspecified atom stereocenters. The fourth-order valence-electron chi connectivity index (χ4n) is 2.26. The number of aryl methyl sites for hydroxylation is 1. The maximum Gasteiger partial charge on any atom is 0.306 e. The van der Waals surface area contributed by atoms with Gasteiger partial charge in [-0.2, -0.15) is 0 Å². The predicted octanol–water partition coefficient (Wildman–Crippen LogP) is 1.12. The van der Waals surface area contributed by atoms with E-state index in [4.69, 9.17) is 5.11 Å². The SMILES string of the molecule is O=C(O)C1CCc2nc(-c3ccncn3)ncc2C1. The van der Waals surface area contributed by atoms with E-state index in [1.807, 2.05) is 0 Å². The van der Waals surface area contributed by atoms with Crippen LogP contribution in [0.3, 0.4) is 0 Å². The molecule has 0 fully saturated rings. The van der Waals surface area contributed by atoms with E-state index in [0.717, 1.165) is 11.3 Å². The van der Waals surface area contributed by atoms with Crippen molar-refractivity contribution in [2.24, 2.45) is 5.92 Å². The second-order valence-electron chi connectivity index (χ2n) is 4.54. The number of hydrogen-bond acceptors (Lipinski definition) is 5. The average molecular weight is 256 g/mol. The molecule has 0 radical (unpaired) electrons. The van der Waals surface area contributed by atoms with Crippen LogP contribution in [-0.2, 0) is 17.6 Å². The van der Waals surface area contributed by atoms with Crippen molar-refractivity contribution < 1.29 is 9.90 Å². The van der Waals surface area contributed by atoms with E-state index in [-0.39, 0.29) is 5.92 Å². The fourth-order valence-corrected chi connectivity index (χ4v) is 2.26. The van der Waals surface area contributed by atoms with Gasteiger partial charge < -0.3 is 5.11 Å². The Kier molecular flexibility index (Phi) is 2.91. The van der Waals surface area contributed by atoms with Crippen molar-refractivity contribution >= 4 is 5.97 Å². The molecule has 1 N–H and O–H groups in total. The van der Waals surface area contributed by atoms with E-state index >= 15 is 0 Å². The molecule has 0 spiro atoms. The van der Waals surface area contributed by atoms with Gasteiger partial charge in [-0.1, -0.05) is 0 Å². The van der Waals surface area contributed by atoms with E-state index in [2.05, 4.69) is 19.9 Å². The standard InChI is InChI=1S/C13H12N4O2/c18-13(19)8-1-2-10-9(5-8)6-15-12(17-10)11-3-4-14-7-16-11/h3-4,6-8H,1-2,5H2,(H,18,19). The van der Waals surface area contributed by atoms with Crippen LogP contribution in [-0.4, -0.2) is 31.0 Å². The van der Waals surface area contributed by atoms with Crippen LogP contribution < -0.4 is 0 Å². The molecule has 96 valence electrons. The highest BCUT2D eigenvalue weighted by molar-refractivity contribution is 5.71. The Balaban J connectivity index is 1.92. The summed E-state index contributed by atoms with van der Waals surface area (Å²) in [6, 6.07) is 1.75. The second kappa shape index (κ2) is 4.72. The van der Waals surface area contributed by atoms with Gasteiger partial charge in [0.25, 0.3) is 0 Å². The van der Waals surface area contributed by atoms with Crippen LogP contribution >= 0.6 is 0 Å². The molecule has 6 nitrogen and oxygen atoms in total. The quantitative estimate of drug-likeness (QED) is 0.866. The normalized spacial score (nSPS) is 17.8. The summed E-state index contributed by atoms with van der Waals surface area (Å²) < 4.78 is 0. The number of fused-ring (bicyclic) bond motifs is 1. The minimum atomic E-state index is -0.745. The number of nitrogens with zero attached hydrogens (tertiary/aromatic N) is 4. The lowest BCUT2D eigenvalue weighted by atomic mass is 9.87. The molecule has 0 saturated heterocycles. The van der Waals surface area contributed by atoms with Gasteiger partial charge in [0.05, 0.1) is 5.92 Å². The number of carbonyl (C=O) groups is 1. The molecule has 1 aliphatic rings. The van der Waals surface area contributed by atoms with E-state index < -0.39 is 5.97 Å².